The van der Waals surface area contributed by atoms with E-state index in [1.54, 1.807) is 48.5 Å². The fourth-order valence-electron chi connectivity index (χ4n) is 16.0. The van der Waals surface area contributed by atoms with Crippen molar-refractivity contribution in [2.75, 3.05) is 0 Å². The molecule has 0 spiro atoms. The highest BCUT2D eigenvalue weighted by atomic mass is 16.6. The van der Waals surface area contributed by atoms with Crippen molar-refractivity contribution in [2.24, 2.45) is 47.3 Å². The third-order valence-electron chi connectivity index (χ3n) is 23.8. The van der Waals surface area contributed by atoms with Crippen molar-refractivity contribution in [1.82, 2.24) is 0 Å². The lowest BCUT2D eigenvalue weighted by atomic mass is 9.82. The molecule has 0 N–H and O–H groups in total. The number of esters is 8. The molecule has 122 heavy (non-hydrogen) atoms. The predicted molar refractivity (Wildman–Crippen MR) is 488 cm³/mol. The highest BCUT2D eigenvalue weighted by Gasteiger charge is 2.36. The van der Waals surface area contributed by atoms with Gasteiger partial charge in [-0.1, -0.05) is 231 Å². The zero-order chi connectivity index (χ0) is 86.5. The molecule has 4 aliphatic rings. The number of hydrogen-bond acceptors (Lipinski definition) is 16. The molecule has 0 saturated heterocycles. The average molecular weight is 1670 g/mol. The molecular formula is C106H140O16. The van der Waals surface area contributed by atoms with Crippen LogP contribution < -0.4 is 37.9 Å². The second kappa shape index (κ2) is 53.4. The summed E-state index contributed by atoms with van der Waals surface area (Å²) in [5, 5.41) is 0. The third kappa shape index (κ3) is 34.4. The molecule has 0 aromatic heterocycles. The molecule has 16 heteroatoms. The summed E-state index contributed by atoms with van der Waals surface area (Å²) in [5.41, 5.74) is 7.36. The molecule has 0 bridgehead atoms. The third-order valence-corrected chi connectivity index (χ3v) is 23.8. The first kappa shape index (κ1) is 95.4. The lowest BCUT2D eigenvalue weighted by molar-refractivity contribution is -0.145. The number of carbonyl (C=O) groups excluding carboxylic acids is 8. The molecule has 0 radical (unpaired) electrons. The molecule has 0 unspecified atom stereocenters. The molecule has 4 fully saturated rings. The highest BCUT2D eigenvalue weighted by Crippen LogP contribution is 2.37. The van der Waals surface area contributed by atoms with Gasteiger partial charge in [0.25, 0.3) is 0 Å². The van der Waals surface area contributed by atoms with Gasteiger partial charge in [0.2, 0.25) is 0 Å². The lowest BCUT2D eigenvalue weighted by Crippen LogP contribution is -2.30. The van der Waals surface area contributed by atoms with Crippen LogP contribution in [-0.4, -0.2) is 47.8 Å². The molecule has 4 saturated carbocycles. The smallest absolute Gasteiger partial charge is 0.314 e. The zero-order valence-electron chi connectivity index (χ0n) is 73.2. The van der Waals surface area contributed by atoms with Gasteiger partial charge in [-0.2, -0.15) is 0 Å². The quantitative estimate of drug-likeness (QED) is 0.0203. The van der Waals surface area contributed by atoms with E-state index in [1.165, 1.54) is 119 Å². The fraction of sp³-hybridized carbons (Fsp3) is 0.472. The molecule has 12 rings (SSSR count). The van der Waals surface area contributed by atoms with Gasteiger partial charge in [-0.3, -0.25) is 38.4 Å². The number of para-hydroxylation sites is 2. The molecule has 660 valence electrons. The summed E-state index contributed by atoms with van der Waals surface area (Å²) < 4.78 is 44.2. The minimum absolute atomic E-state index is 0. The largest absolute Gasteiger partial charge is 0.426 e. The van der Waals surface area contributed by atoms with Crippen LogP contribution in [0.5, 0.6) is 46.0 Å². The van der Waals surface area contributed by atoms with Gasteiger partial charge >= 0.3 is 47.8 Å². The number of rotatable bonds is 36. The van der Waals surface area contributed by atoms with Crippen molar-refractivity contribution in [3.05, 3.63) is 240 Å². The first-order valence-electron chi connectivity index (χ1n) is 45.7. The van der Waals surface area contributed by atoms with E-state index >= 15 is 0 Å². The van der Waals surface area contributed by atoms with Gasteiger partial charge in [-0.25, -0.2) is 0 Å². The zero-order valence-corrected chi connectivity index (χ0v) is 73.2. The van der Waals surface area contributed by atoms with Gasteiger partial charge in [-0.15, -0.1) is 0 Å². The monoisotopic (exact) mass is 1670 g/mol. The van der Waals surface area contributed by atoms with E-state index in [0.29, 0.717) is 149 Å². The van der Waals surface area contributed by atoms with E-state index in [9.17, 15) is 38.4 Å². The molecule has 0 aliphatic heterocycles. The fourth-order valence-corrected chi connectivity index (χ4v) is 16.0. The molecule has 0 atom stereocenters. The first-order valence-corrected chi connectivity index (χ1v) is 45.7. The summed E-state index contributed by atoms with van der Waals surface area (Å²) in [6, 6.07) is 64.6. The van der Waals surface area contributed by atoms with Crippen molar-refractivity contribution >= 4 is 47.8 Å². The van der Waals surface area contributed by atoms with Gasteiger partial charge < -0.3 is 37.9 Å². The predicted octanol–water partition coefficient (Wildman–Crippen LogP) is 26.1. The number of unbranched alkanes of at least 4 members (excludes halogenated alkanes) is 12. The van der Waals surface area contributed by atoms with E-state index in [2.05, 4.69) is 64.1 Å². The molecule has 0 heterocycles. The Morgan fingerprint density at radius 2 is 0.369 bits per heavy atom. The van der Waals surface area contributed by atoms with Gasteiger partial charge in [0.1, 0.15) is 46.0 Å². The summed E-state index contributed by atoms with van der Waals surface area (Å²) in [4.78, 5) is 99.6. The Hall–Kier alpha value is -10.5. The van der Waals surface area contributed by atoms with Gasteiger partial charge in [-0.05, 0) is 281 Å². The van der Waals surface area contributed by atoms with E-state index in [4.69, 9.17) is 37.9 Å². The summed E-state index contributed by atoms with van der Waals surface area (Å²) in [7, 11) is 0. The molecular weight excluding hydrogens is 1530 g/mol. The Morgan fingerprint density at radius 3 is 0.566 bits per heavy atom. The van der Waals surface area contributed by atoms with Crippen LogP contribution in [0.4, 0.5) is 0 Å². The van der Waals surface area contributed by atoms with Crippen LogP contribution in [0.1, 0.15) is 272 Å². The number of carbonyl (C=O) groups is 8. The van der Waals surface area contributed by atoms with Gasteiger partial charge in [0.15, 0.2) is 0 Å². The SMILES string of the molecule is CCCCCCCCc1ccc(OC(=O)C2CCC(C(=O)Oc3ccc(CCCCCC)cc3)CC2)cc1.CCCCCCCc1ccc(OC(=O)C2CCC(C(=O)Oc3ccc(CCC)cc3)CC2)cc1.Cc1ccc(OC(=O)C2CCC(C(=O)Oc3ccc(C)cc3)CC2)cc1.O=C(Oc1ccccc1)C1CCC(C(=O)Oc2ccccc2)CC1.[HH].[HH].[HH].[HH]. The minimum Gasteiger partial charge on any atom is -0.426 e. The number of benzene rings is 8. The minimum atomic E-state index is -0.212. The van der Waals surface area contributed by atoms with Crippen LogP contribution in [0.3, 0.4) is 0 Å². The number of ether oxygens (including phenoxy) is 8. The number of hydrogen-bond donors (Lipinski definition) is 0. The topological polar surface area (TPSA) is 210 Å². The van der Waals surface area contributed by atoms with Crippen molar-refractivity contribution in [3.63, 3.8) is 0 Å². The van der Waals surface area contributed by atoms with Crippen molar-refractivity contribution < 1.29 is 82.0 Å². The van der Waals surface area contributed by atoms with Crippen LogP contribution in [0.15, 0.2) is 206 Å². The van der Waals surface area contributed by atoms with E-state index in [0.717, 1.165) is 43.2 Å². The lowest BCUT2D eigenvalue weighted by Gasteiger charge is -2.25. The standard InChI is InChI=1S/C34H48O4.C30H40O4.C22H24O4.C20H20O4.4H2/c1-3-5-7-9-10-12-14-28-17-25-32(26-18-28)38-34(36)30-21-19-29(20-22-30)33(35)37-31-23-15-27(16-24-31)13-11-8-6-4-2;1-3-5-6-7-8-10-24-13-21-28(22-14-24)34-30(32)26-17-15-25(16-18-26)29(31)33-27-19-11-23(9-4-2)12-20-27;1-15-3-11-19(12-4-15)25-21(23)17-7-9-18(10-8-17)22(24)26-20-13-5-16(2)6-14-20;21-19(23-17-7-3-1-4-8-17)15-11-13-16(14-12-15)20(22)24-18-9-5-2-6-10-18;;;;/h15-18,23-26,29-30H,3-14,19-22H2,1-2H3;11-14,19-22,25-26H,3-10,15-18H2,1-2H3;3-6,11-14,17-18H,7-10H2,1-2H3;1-10,15-16H,11-14H2;4*1H. The molecule has 8 aromatic rings. The van der Waals surface area contributed by atoms with Crippen LogP contribution in [0, 0.1) is 61.2 Å². The Morgan fingerprint density at radius 1 is 0.205 bits per heavy atom. The highest BCUT2D eigenvalue weighted by molar-refractivity contribution is 5.81. The second-order valence-corrected chi connectivity index (χ2v) is 33.6. The van der Waals surface area contributed by atoms with Crippen LogP contribution >= 0.6 is 0 Å². The Bertz CT molecular complexity index is 4270. The Labute approximate surface area is 731 Å². The van der Waals surface area contributed by atoms with Crippen LogP contribution in [0.25, 0.3) is 0 Å². The van der Waals surface area contributed by atoms with E-state index in [1.807, 2.05) is 135 Å². The number of aryl methyl sites for hydroxylation is 6. The first-order chi connectivity index (χ1) is 59.4. The van der Waals surface area contributed by atoms with E-state index < -0.39 is 0 Å². The average Bonchev–Trinajstić information content (AvgIpc) is 0.860. The maximum Gasteiger partial charge on any atom is 0.314 e. The van der Waals surface area contributed by atoms with Gasteiger partial charge in [0, 0.05) is 5.71 Å². The summed E-state index contributed by atoms with van der Waals surface area (Å²) in [5.74, 6) is 1.85. The molecule has 4 aliphatic carbocycles. The molecule has 8 aromatic carbocycles. The van der Waals surface area contributed by atoms with E-state index in [-0.39, 0.29) is 101 Å². The second-order valence-electron chi connectivity index (χ2n) is 33.6. The summed E-state index contributed by atoms with van der Waals surface area (Å²) in [6.45, 7) is 12.8. The van der Waals surface area contributed by atoms with Crippen molar-refractivity contribution in [1.29, 1.82) is 0 Å². The maximum absolute atomic E-state index is 12.7. The van der Waals surface area contributed by atoms with Crippen LogP contribution in [-0.2, 0) is 64.0 Å². The van der Waals surface area contributed by atoms with Crippen LogP contribution in [0.2, 0.25) is 0 Å². The Kier molecular flexibility index (Phi) is 41.8. The summed E-state index contributed by atoms with van der Waals surface area (Å²) >= 11 is 0. The molecule has 16 nitrogen and oxygen atoms in total. The maximum atomic E-state index is 12.7. The normalized spacial score (nSPS) is 18.5. The molecule has 0 amide bonds. The Balaban J connectivity index is 0.000000299. The summed E-state index contributed by atoms with van der Waals surface area (Å²) in [6.07, 6.45) is 34.9. The van der Waals surface area contributed by atoms with Gasteiger partial charge in [0.05, 0.1) is 47.3 Å². The van der Waals surface area contributed by atoms with Crippen molar-refractivity contribution in [3.8, 4) is 46.0 Å². The van der Waals surface area contributed by atoms with Crippen molar-refractivity contribution in [2.45, 2.75) is 273 Å².